The van der Waals surface area contributed by atoms with Gasteiger partial charge in [0.25, 0.3) is 0 Å². The normalized spacial score (nSPS) is 11.5. The summed E-state index contributed by atoms with van der Waals surface area (Å²) in [5, 5.41) is 7.75. The second-order valence-electron chi connectivity index (χ2n) is 6.52. The molecule has 1 amide bonds. The number of halogens is 3. The number of nitrogens with zero attached hydrogens (tertiary/aromatic N) is 1. The van der Waals surface area contributed by atoms with E-state index in [0.717, 1.165) is 10.7 Å². The lowest BCUT2D eigenvalue weighted by Gasteiger charge is -2.13. The molecule has 0 bridgehead atoms. The molecule has 0 aliphatic heterocycles. The van der Waals surface area contributed by atoms with Crippen molar-refractivity contribution in [3.05, 3.63) is 76.3 Å². The zero-order chi connectivity index (χ0) is 22.3. The smallest absolute Gasteiger partial charge is 0.405 e. The highest BCUT2D eigenvalue weighted by Crippen LogP contribution is 2.24. The van der Waals surface area contributed by atoms with Crippen LogP contribution in [0, 0.1) is 6.92 Å². The summed E-state index contributed by atoms with van der Waals surface area (Å²) in [4.78, 5) is 16.7. The molecule has 3 aromatic rings. The van der Waals surface area contributed by atoms with Crippen molar-refractivity contribution < 1.29 is 22.7 Å². The van der Waals surface area contributed by atoms with E-state index in [1.807, 2.05) is 24.4 Å². The summed E-state index contributed by atoms with van der Waals surface area (Å²) in [6.45, 7) is 1.03. The number of nitrogens with one attached hydrogen (secondary N) is 2. The number of alkyl halides is 3. The molecule has 3 rings (SSSR count). The second kappa shape index (κ2) is 10.1. The third kappa shape index (κ3) is 7.14. The molecule has 0 saturated heterocycles. The zero-order valence-corrected chi connectivity index (χ0v) is 17.4. The van der Waals surface area contributed by atoms with Crippen molar-refractivity contribution in [2.75, 3.05) is 17.2 Å². The van der Waals surface area contributed by atoms with Gasteiger partial charge in [0.15, 0.2) is 0 Å². The van der Waals surface area contributed by atoms with Gasteiger partial charge in [0.1, 0.15) is 18.9 Å². The highest BCUT2D eigenvalue weighted by Gasteiger charge is 2.27. The van der Waals surface area contributed by atoms with Gasteiger partial charge in [-0.2, -0.15) is 13.2 Å². The summed E-state index contributed by atoms with van der Waals surface area (Å²) in [5.74, 6) is 0.107. The first-order valence-electron chi connectivity index (χ1n) is 9.32. The first-order chi connectivity index (χ1) is 14.8. The molecule has 0 radical (unpaired) electrons. The summed E-state index contributed by atoms with van der Waals surface area (Å²) in [5.41, 5.74) is 1.95. The number of rotatable bonds is 8. The number of amides is 1. The fourth-order valence-electron chi connectivity index (χ4n) is 2.66. The van der Waals surface area contributed by atoms with Crippen LogP contribution in [0.2, 0.25) is 0 Å². The Morgan fingerprint density at radius 1 is 1.13 bits per heavy atom. The Hall–Kier alpha value is -3.33. The molecule has 1 heterocycles. The number of ether oxygens (including phenoxy) is 1. The first kappa shape index (κ1) is 22.4. The minimum absolute atomic E-state index is 0.184. The van der Waals surface area contributed by atoms with Crippen molar-refractivity contribution in [3.8, 4) is 5.75 Å². The molecule has 2 N–H and O–H groups in total. The van der Waals surface area contributed by atoms with E-state index >= 15 is 0 Å². The average molecular weight is 447 g/mol. The van der Waals surface area contributed by atoms with Crippen molar-refractivity contribution in [1.29, 1.82) is 0 Å². The number of hydrogen-bond donors (Lipinski definition) is 2. The van der Waals surface area contributed by atoms with Gasteiger partial charge in [-0.25, -0.2) is 4.98 Å². The minimum atomic E-state index is -4.36. The fraction of sp³-hybridized carbons (Fsp3) is 0.182. The molecule has 9 heteroatoms. The maximum absolute atomic E-state index is 12.5. The van der Waals surface area contributed by atoms with Crippen molar-refractivity contribution in [2.45, 2.75) is 19.7 Å². The number of para-hydroxylation sites is 3. The van der Waals surface area contributed by atoms with E-state index in [2.05, 4.69) is 15.6 Å². The zero-order valence-electron chi connectivity index (χ0n) is 16.6. The van der Waals surface area contributed by atoms with Crippen LogP contribution in [0.4, 0.5) is 24.5 Å². The van der Waals surface area contributed by atoms with Gasteiger partial charge in [-0.15, -0.1) is 11.3 Å². The Morgan fingerprint density at radius 2 is 1.84 bits per heavy atom. The van der Waals surface area contributed by atoms with E-state index in [9.17, 15) is 18.0 Å². The molecular formula is C22H20F3N3O2S. The maximum atomic E-state index is 12.5. The monoisotopic (exact) mass is 447 g/mol. The molecule has 1 aromatic heterocycles. The predicted octanol–water partition coefficient (Wildman–Crippen LogP) is 5.66. The molecule has 0 unspecified atom stereocenters. The van der Waals surface area contributed by atoms with Crippen LogP contribution < -0.4 is 15.4 Å². The number of anilines is 2. The SMILES string of the molecule is Cc1nc(COc2ccccc2C=CC(=O)Nc2ccccc2NCC(F)(F)F)cs1. The number of thiazole rings is 1. The number of aryl methyl sites for hydroxylation is 1. The molecule has 5 nitrogen and oxygen atoms in total. The standard InChI is InChI=1S/C22H20F3N3O2S/c1-15-27-17(13-31-15)12-30-20-9-5-2-6-16(20)10-11-21(29)28-19-8-4-3-7-18(19)26-14-22(23,24)25/h2-11,13,26H,12,14H2,1H3,(H,28,29). The highest BCUT2D eigenvalue weighted by atomic mass is 32.1. The summed E-state index contributed by atoms with van der Waals surface area (Å²) in [6, 6.07) is 13.4. The lowest BCUT2D eigenvalue weighted by Crippen LogP contribution is -2.22. The quantitative estimate of drug-likeness (QED) is 0.438. The number of carbonyl (C=O) groups is 1. The van der Waals surface area contributed by atoms with Crippen molar-refractivity contribution in [3.63, 3.8) is 0 Å². The Kier molecular flexibility index (Phi) is 7.30. The molecule has 31 heavy (non-hydrogen) atoms. The molecule has 2 aromatic carbocycles. The van der Waals surface area contributed by atoms with E-state index in [1.54, 1.807) is 30.3 Å². The van der Waals surface area contributed by atoms with Gasteiger partial charge in [-0.05, 0) is 31.2 Å². The van der Waals surface area contributed by atoms with Crippen LogP contribution in [0.1, 0.15) is 16.3 Å². The topological polar surface area (TPSA) is 63.2 Å². The molecular weight excluding hydrogens is 427 g/mol. The molecule has 0 atom stereocenters. The molecule has 0 fully saturated rings. The van der Waals surface area contributed by atoms with Gasteiger partial charge in [-0.3, -0.25) is 4.79 Å². The van der Waals surface area contributed by atoms with Crippen LogP contribution in [0.25, 0.3) is 6.08 Å². The average Bonchev–Trinajstić information content (AvgIpc) is 3.15. The van der Waals surface area contributed by atoms with Crippen molar-refractivity contribution in [1.82, 2.24) is 4.98 Å². The predicted molar refractivity (Wildman–Crippen MR) is 116 cm³/mol. The molecule has 162 valence electrons. The maximum Gasteiger partial charge on any atom is 0.405 e. The van der Waals surface area contributed by atoms with E-state index in [-0.39, 0.29) is 11.4 Å². The lowest BCUT2D eigenvalue weighted by molar-refractivity contribution is -0.115. The van der Waals surface area contributed by atoms with Gasteiger partial charge < -0.3 is 15.4 Å². The van der Waals surface area contributed by atoms with Gasteiger partial charge in [0.2, 0.25) is 5.91 Å². The van der Waals surface area contributed by atoms with Gasteiger partial charge in [0, 0.05) is 17.0 Å². The van der Waals surface area contributed by atoms with E-state index in [1.165, 1.54) is 29.5 Å². The van der Waals surface area contributed by atoms with Gasteiger partial charge >= 0.3 is 6.18 Å². The van der Waals surface area contributed by atoms with Crippen LogP contribution in [0.3, 0.4) is 0 Å². The molecule has 0 aliphatic rings. The second-order valence-corrected chi connectivity index (χ2v) is 7.58. The first-order valence-corrected chi connectivity index (χ1v) is 10.2. The minimum Gasteiger partial charge on any atom is -0.487 e. The summed E-state index contributed by atoms with van der Waals surface area (Å²) < 4.78 is 43.2. The van der Waals surface area contributed by atoms with Gasteiger partial charge in [-0.1, -0.05) is 30.3 Å². The molecule has 0 aliphatic carbocycles. The number of carbonyl (C=O) groups excluding carboxylic acids is 1. The lowest BCUT2D eigenvalue weighted by atomic mass is 10.2. The van der Waals surface area contributed by atoms with Crippen LogP contribution >= 0.6 is 11.3 Å². The molecule has 0 saturated carbocycles. The van der Waals surface area contributed by atoms with Crippen molar-refractivity contribution in [2.24, 2.45) is 0 Å². The Bertz CT molecular complexity index is 1060. The van der Waals surface area contributed by atoms with Crippen LogP contribution in [0.15, 0.2) is 60.0 Å². The van der Waals surface area contributed by atoms with E-state index < -0.39 is 18.6 Å². The third-order valence-electron chi connectivity index (χ3n) is 4.04. The Labute approximate surface area is 181 Å². The van der Waals surface area contributed by atoms with Crippen molar-refractivity contribution >= 4 is 34.7 Å². The van der Waals surface area contributed by atoms with Gasteiger partial charge in [0.05, 0.1) is 22.1 Å². The largest absolute Gasteiger partial charge is 0.487 e. The molecule has 0 spiro atoms. The summed E-state index contributed by atoms with van der Waals surface area (Å²) >= 11 is 1.54. The van der Waals surface area contributed by atoms with Crippen LogP contribution in [0.5, 0.6) is 5.75 Å². The van der Waals surface area contributed by atoms with E-state index in [4.69, 9.17) is 4.74 Å². The number of hydrogen-bond acceptors (Lipinski definition) is 5. The van der Waals surface area contributed by atoms with E-state index in [0.29, 0.717) is 17.9 Å². The highest BCUT2D eigenvalue weighted by molar-refractivity contribution is 7.09. The third-order valence-corrected chi connectivity index (χ3v) is 4.86. The Morgan fingerprint density at radius 3 is 2.55 bits per heavy atom. The van der Waals surface area contributed by atoms with Crippen LogP contribution in [-0.2, 0) is 11.4 Å². The summed E-state index contributed by atoms with van der Waals surface area (Å²) in [7, 11) is 0. The fourth-order valence-corrected chi connectivity index (χ4v) is 3.25. The number of aromatic nitrogens is 1. The van der Waals surface area contributed by atoms with Crippen LogP contribution in [-0.4, -0.2) is 23.6 Å². The summed E-state index contributed by atoms with van der Waals surface area (Å²) in [6.07, 6.45) is -1.48. The number of benzene rings is 2. The Balaban J connectivity index is 1.64.